The molecule has 22 heavy (non-hydrogen) atoms. The highest BCUT2D eigenvalue weighted by molar-refractivity contribution is 6.00. The highest BCUT2D eigenvalue weighted by atomic mass is 16.5. The van der Waals surface area contributed by atoms with Gasteiger partial charge in [0.05, 0.1) is 13.7 Å². The second-order valence-electron chi connectivity index (χ2n) is 4.96. The first-order valence-corrected chi connectivity index (χ1v) is 7.38. The number of ether oxygens (including phenoxy) is 1. The first-order valence-electron chi connectivity index (χ1n) is 7.38. The van der Waals surface area contributed by atoms with Crippen LogP contribution in [0.1, 0.15) is 24.0 Å². The van der Waals surface area contributed by atoms with Crippen molar-refractivity contribution in [2.45, 2.75) is 19.4 Å². The molecule has 0 heterocycles. The van der Waals surface area contributed by atoms with E-state index in [0.29, 0.717) is 13.1 Å². The molecule has 0 radical (unpaired) electrons. The van der Waals surface area contributed by atoms with Crippen LogP contribution in [0, 0.1) is 6.57 Å². The van der Waals surface area contributed by atoms with Crippen molar-refractivity contribution in [1.29, 1.82) is 0 Å². The summed E-state index contributed by atoms with van der Waals surface area (Å²) in [4.78, 5) is 8.19. The van der Waals surface area contributed by atoms with Gasteiger partial charge in [-0.15, -0.1) is 0 Å². The van der Waals surface area contributed by atoms with Crippen LogP contribution in [-0.4, -0.2) is 19.4 Å². The molecule has 3 nitrogen and oxygen atoms in total. The Hall–Kier alpha value is -2.60. The summed E-state index contributed by atoms with van der Waals surface area (Å²) in [6.07, 6.45) is 1.66. The maximum atomic E-state index is 6.91. The molecule has 0 spiro atoms. The molecule has 0 amide bonds. The first kappa shape index (κ1) is 15.8. The fourth-order valence-corrected chi connectivity index (χ4v) is 2.19. The highest BCUT2D eigenvalue weighted by Gasteiger charge is 2.05. The molecule has 2 aromatic rings. The Bertz CT molecular complexity index is 639. The smallest absolute Gasteiger partial charge is 0.215 e. The topological polar surface area (TPSA) is 25.9 Å². The van der Waals surface area contributed by atoms with E-state index in [1.54, 1.807) is 7.11 Å². The second kappa shape index (κ2) is 8.63. The first-order chi connectivity index (χ1) is 10.8. The molecular weight excluding hydrogens is 272 g/mol. The van der Waals surface area contributed by atoms with Crippen LogP contribution in [-0.2, 0) is 6.54 Å². The van der Waals surface area contributed by atoms with Gasteiger partial charge in [0.15, 0.2) is 0 Å². The van der Waals surface area contributed by atoms with E-state index in [1.807, 2.05) is 42.5 Å². The molecule has 0 aromatic heterocycles. The van der Waals surface area contributed by atoms with Crippen LogP contribution in [0.15, 0.2) is 59.6 Å². The molecule has 0 fully saturated rings. The SMILES string of the molecule is [C-]#[N+]CCCC(=NCc1ccccc1)c1ccc(OC)cc1. The molecule has 0 aliphatic heterocycles. The molecule has 112 valence electrons. The van der Waals surface area contributed by atoms with Crippen molar-refractivity contribution in [3.63, 3.8) is 0 Å². The van der Waals surface area contributed by atoms with Crippen LogP contribution >= 0.6 is 0 Å². The third kappa shape index (κ3) is 4.75. The Morgan fingerprint density at radius 1 is 1.09 bits per heavy atom. The van der Waals surface area contributed by atoms with Crippen molar-refractivity contribution < 1.29 is 4.74 Å². The predicted molar refractivity (Wildman–Crippen MR) is 90.4 cm³/mol. The number of hydrogen-bond donors (Lipinski definition) is 0. The Balaban J connectivity index is 2.15. The Morgan fingerprint density at radius 3 is 2.45 bits per heavy atom. The molecule has 0 saturated carbocycles. The van der Waals surface area contributed by atoms with Crippen LogP contribution in [0.2, 0.25) is 0 Å². The van der Waals surface area contributed by atoms with E-state index < -0.39 is 0 Å². The minimum Gasteiger partial charge on any atom is -0.497 e. The zero-order chi connectivity index (χ0) is 15.6. The third-order valence-corrected chi connectivity index (χ3v) is 3.40. The van der Waals surface area contributed by atoms with E-state index in [4.69, 9.17) is 16.3 Å². The van der Waals surface area contributed by atoms with Crippen molar-refractivity contribution in [3.8, 4) is 5.75 Å². The average Bonchev–Trinajstić information content (AvgIpc) is 2.59. The molecule has 3 heteroatoms. The lowest BCUT2D eigenvalue weighted by Gasteiger charge is -2.07. The van der Waals surface area contributed by atoms with Crippen LogP contribution < -0.4 is 4.74 Å². The summed E-state index contributed by atoms with van der Waals surface area (Å²) < 4.78 is 5.20. The number of hydrogen-bond acceptors (Lipinski definition) is 2. The molecule has 0 aliphatic rings. The Morgan fingerprint density at radius 2 is 1.82 bits per heavy atom. The van der Waals surface area contributed by atoms with E-state index in [1.165, 1.54) is 5.56 Å². The summed E-state index contributed by atoms with van der Waals surface area (Å²) in [5, 5.41) is 0. The minimum atomic E-state index is 0.542. The Labute approximate surface area is 132 Å². The predicted octanol–water partition coefficient (Wildman–Crippen LogP) is 4.38. The average molecular weight is 292 g/mol. The van der Waals surface area contributed by atoms with Crippen molar-refractivity contribution >= 4 is 5.71 Å². The Kier molecular flexibility index (Phi) is 6.19. The summed E-state index contributed by atoms with van der Waals surface area (Å²) in [6, 6.07) is 18.2. The fraction of sp³-hybridized carbons (Fsp3) is 0.263. The fourth-order valence-electron chi connectivity index (χ4n) is 2.19. The van der Waals surface area contributed by atoms with Gasteiger partial charge in [0.25, 0.3) is 0 Å². The zero-order valence-electron chi connectivity index (χ0n) is 12.8. The summed E-state index contributed by atoms with van der Waals surface area (Å²) in [7, 11) is 1.66. The molecule has 0 bridgehead atoms. The van der Waals surface area contributed by atoms with Crippen molar-refractivity contribution in [3.05, 3.63) is 77.1 Å². The van der Waals surface area contributed by atoms with Crippen molar-refractivity contribution in [2.75, 3.05) is 13.7 Å². The summed E-state index contributed by atoms with van der Waals surface area (Å²) >= 11 is 0. The van der Waals surface area contributed by atoms with Gasteiger partial charge in [0.2, 0.25) is 6.54 Å². The largest absolute Gasteiger partial charge is 0.497 e. The van der Waals surface area contributed by atoms with Crippen LogP contribution in [0.3, 0.4) is 0 Å². The summed E-state index contributed by atoms with van der Waals surface area (Å²) in [5.41, 5.74) is 3.34. The molecule has 2 rings (SSSR count). The molecule has 0 saturated heterocycles. The van der Waals surface area contributed by atoms with E-state index in [0.717, 1.165) is 29.9 Å². The lowest BCUT2D eigenvalue weighted by Crippen LogP contribution is -2.03. The second-order valence-corrected chi connectivity index (χ2v) is 4.96. The minimum absolute atomic E-state index is 0.542. The van der Waals surface area contributed by atoms with E-state index >= 15 is 0 Å². The number of rotatable bonds is 7. The molecule has 0 aliphatic carbocycles. The van der Waals surface area contributed by atoms with Crippen molar-refractivity contribution in [1.82, 2.24) is 0 Å². The maximum Gasteiger partial charge on any atom is 0.215 e. The number of aliphatic imine (C=N–C) groups is 1. The molecular formula is C19H20N2O. The molecule has 0 N–H and O–H groups in total. The van der Waals surface area contributed by atoms with Gasteiger partial charge in [-0.2, -0.15) is 0 Å². The number of nitrogens with zero attached hydrogens (tertiary/aromatic N) is 2. The summed E-state index contributed by atoms with van der Waals surface area (Å²) in [6.45, 7) is 8.12. The van der Waals surface area contributed by atoms with Crippen LogP contribution in [0.5, 0.6) is 5.75 Å². The number of benzene rings is 2. The van der Waals surface area contributed by atoms with Crippen LogP contribution in [0.25, 0.3) is 4.85 Å². The lowest BCUT2D eigenvalue weighted by molar-refractivity contribution is 0.415. The zero-order valence-corrected chi connectivity index (χ0v) is 12.8. The van der Waals surface area contributed by atoms with Crippen LogP contribution in [0.4, 0.5) is 0 Å². The normalized spacial score (nSPS) is 11.0. The van der Waals surface area contributed by atoms with E-state index in [2.05, 4.69) is 17.0 Å². The van der Waals surface area contributed by atoms with E-state index in [9.17, 15) is 0 Å². The monoisotopic (exact) mass is 292 g/mol. The van der Waals surface area contributed by atoms with Gasteiger partial charge in [-0.25, -0.2) is 6.57 Å². The highest BCUT2D eigenvalue weighted by Crippen LogP contribution is 2.15. The van der Waals surface area contributed by atoms with Gasteiger partial charge in [-0.1, -0.05) is 30.3 Å². The maximum absolute atomic E-state index is 6.91. The van der Waals surface area contributed by atoms with Gasteiger partial charge in [-0.3, -0.25) is 4.99 Å². The van der Waals surface area contributed by atoms with Gasteiger partial charge < -0.3 is 9.58 Å². The van der Waals surface area contributed by atoms with Gasteiger partial charge in [-0.05, 0) is 41.8 Å². The van der Waals surface area contributed by atoms with Gasteiger partial charge >= 0.3 is 0 Å². The quantitative estimate of drug-likeness (QED) is 0.422. The molecule has 2 aromatic carbocycles. The standard InChI is InChI=1S/C19H20N2O/c1-20-14-6-9-19(17-10-12-18(22-2)13-11-17)21-15-16-7-4-3-5-8-16/h3-5,7-8,10-13H,6,9,14-15H2,2H3. The summed E-state index contributed by atoms with van der Waals surface area (Å²) in [5.74, 6) is 0.840. The van der Waals surface area contributed by atoms with Gasteiger partial charge in [0.1, 0.15) is 5.75 Å². The molecule has 0 atom stereocenters. The van der Waals surface area contributed by atoms with Crippen molar-refractivity contribution in [2.24, 2.45) is 4.99 Å². The third-order valence-electron chi connectivity index (χ3n) is 3.40. The lowest BCUT2D eigenvalue weighted by atomic mass is 10.1. The molecule has 0 unspecified atom stereocenters. The number of methoxy groups -OCH3 is 1. The van der Waals surface area contributed by atoms with E-state index in [-0.39, 0.29) is 0 Å². The van der Waals surface area contributed by atoms with Gasteiger partial charge in [0, 0.05) is 12.1 Å².